The zero-order valence-electron chi connectivity index (χ0n) is 13.7. The monoisotopic (exact) mass is 423 g/mol. The Morgan fingerprint density at radius 3 is 2.38 bits per heavy atom. The molecule has 0 unspecified atom stereocenters. The summed E-state index contributed by atoms with van der Waals surface area (Å²) in [6.07, 6.45) is 2.14. The van der Waals surface area contributed by atoms with Crippen molar-refractivity contribution < 1.29 is 0 Å². The van der Waals surface area contributed by atoms with Gasteiger partial charge in [-0.25, -0.2) is 4.98 Å². The van der Waals surface area contributed by atoms with E-state index in [1.54, 1.807) is 11.3 Å². The van der Waals surface area contributed by atoms with Crippen molar-refractivity contribution >= 4 is 54.9 Å². The first kappa shape index (κ1) is 17.6. The Morgan fingerprint density at radius 1 is 1.08 bits per heavy atom. The van der Waals surface area contributed by atoms with Crippen LogP contribution >= 0.6 is 38.9 Å². The van der Waals surface area contributed by atoms with E-state index in [0.717, 1.165) is 46.4 Å². The lowest BCUT2D eigenvalue weighted by molar-refractivity contribution is 0.736. The van der Waals surface area contributed by atoms with E-state index >= 15 is 0 Å². The number of nitrogens with zero attached hydrogens (tertiary/aromatic N) is 3. The van der Waals surface area contributed by atoms with Crippen molar-refractivity contribution in [1.82, 2.24) is 9.97 Å². The van der Waals surface area contributed by atoms with Crippen LogP contribution in [0.1, 0.15) is 26.7 Å². The number of hydrogen-bond donors (Lipinski definition) is 0. The molecule has 24 heavy (non-hydrogen) atoms. The second-order valence-electron chi connectivity index (χ2n) is 5.64. The van der Waals surface area contributed by atoms with Crippen molar-refractivity contribution in [2.24, 2.45) is 0 Å². The summed E-state index contributed by atoms with van der Waals surface area (Å²) in [5.41, 5.74) is 2.34. The first-order valence-corrected chi connectivity index (χ1v) is 10.1. The standard InChI is InChI=1S/C18H19BrClN3S/c1-3-9-23(10-4-2)16-15-14(12-5-7-13(19)8-6-12)11-24-17(15)22-18(20)21-16/h5-8,11H,3-4,9-10H2,1-2H3. The average molecular weight is 425 g/mol. The molecule has 0 saturated carbocycles. The number of halogens is 2. The molecule has 0 bridgehead atoms. The van der Waals surface area contributed by atoms with Gasteiger partial charge in [0.1, 0.15) is 10.6 Å². The molecule has 3 nitrogen and oxygen atoms in total. The predicted molar refractivity (Wildman–Crippen MR) is 108 cm³/mol. The van der Waals surface area contributed by atoms with E-state index in [1.807, 2.05) is 0 Å². The number of benzene rings is 1. The minimum absolute atomic E-state index is 0.318. The summed E-state index contributed by atoms with van der Waals surface area (Å²) >= 11 is 11.3. The minimum atomic E-state index is 0.318. The quantitative estimate of drug-likeness (QED) is 0.429. The summed E-state index contributed by atoms with van der Waals surface area (Å²) in [7, 11) is 0. The fourth-order valence-corrected chi connectivity index (χ4v) is 4.25. The Kier molecular flexibility index (Phi) is 5.74. The molecule has 3 aromatic rings. The Hall–Kier alpha value is -1.17. The van der Waals surface area contributed by atoms with E-state index in [2.05, 4.69) is 74.3 Å². The smallest absolute Gasteiger partial charge is 0.225 e. The van der Waals surface area contributed by atoms with Crippen LogP contribution in [0.4, 0.5) is 5.82 Å². The number of anilines is 1. The Labute approximate surface area is 159 Å². The molecule has 0 fully saturated rings. The molecule has 0 aliphatic rings. The van der Waals surface area contributed by atoms with Gasteiger partial charge < -0.3 is 4.90 Å². The Balaban J connectivity index is 2.20. The van der Waals surface area contributed by atoms with E-state index in [0.29, 0.717) is 5.28 Å². The lowest BCUT2D eigenvalue weighted by atomic mass is 10.1. The van der Waals surface area contributed by atoms with Crippen LogP contribution < -0.4 is 4.90 Å². The van der Waals surface area contributed by atoms with Gasteiger partial charge in [-0.05, 0) is 42.1 Å². The van der Waals surface area contributed by atoms with Crippen molar-refractivity contribution in [2.75, 3.05) is 18.0 Å². The molecule has 2 aromatic heterocycles. The van der Waals surface area contributed by atoms with Crippen LogP contribution in [0.3, 0.4) is 0 Å². The highest BCUT2D eigenvalue weighted by Crippen LogP contribution is 2.39. The van der Waals surface area contributed by atoms with Gasteiger partial charge in [-0.3, -0.25) is 0 Å². The van der Waals surface area contributed by atoms with Gasteiger partial charge in [0.05, 0.1) is 5.39 Å². The van der Waals surface area contributed by atoms with Crippen LogP contribution in [0, 0.1) is 0 Å². The van der Waals surface area contributed by atoms with E-state index in [1.165, 1.54) is 11.1 Å². The maximum Gasteiger partial charge on any atom is 0.225 e. The molecule has 2 heterocycles. The Bertz CT molecular complexity index is 826. The van der Waals surface area contributed by atoms with Gasteiger partial charge in [0.15, 0.2) is 0 Å². The Morgan fingerprint density at radius 2 is 1.75 bits per heavy atom. The lowest BCUT2D eigenvalue weighted by Crippen LogP contribution is -2.26. The molecule has 0 radical (unpaired) electrons. The van der Waals surface area contributed by atoms with Crippen molar-refractivity contribution in [3.63, 3.8) is 0 Å². The van der Waals surface area contributed by atoms with Crippen LogP contribution in [0.5, 0.6) is 0 Å². The number of aromatic nitrogens is 2. The zero-order chi connectivity index (χ0) is 17.1. The van der Waals surface area contributed by atoms with Crippen molar-refractivity contribution in [1.29, 1.82) is 0 Å². The summed E-state index contributed by atoms with van der Waals surface area (Å²) in [5, 5.41) is 3.57. The van der Waals surface area contributed by atoms with Crippen molar-refractivity contribution in [2.45, 2.75) is 26.7 Å². The molecular formula is C18H19BrClN3S. The fraction of sp³-hybridized carbons (Fsp3) is 0.333. The topological polar surface area (TPSA) is 29.0 Å². The first-order chi connectivity index (χ1) is 11.6. The molecule has 6 heteroatoms. The number of rotatable bonds is 6. The molecule has 0 spiro atoms. The highest BCUT2D eigenvalue weighted by atomic mass is 79.9. The maximum absolute atomic E-state index is 6.20. The van der Waals surface area contributed by atoms with Gasteiger partial charge in [-0.15, -0.1) is 11.3 Å². The summed E-state index contributed by atoms with van der Waals surface area (Å²) < 4.78 is 1.07. The predicted octanol–water partition coefficient (Wildman–Crippen LogP) is 6.40. The third-order valence-corrected chi connectivity index (χ3v) is 5.40. The SMILES string of the molecule is CCCN(CCC)c1nc(Cl)nc2scc(-c3ccc(Br)cc3)c12. The highest BCUT2D eigenvalue weighted by Gasteiger charge is 2.18. The summed E-state index contributed by atoms with van der Waals surface area (Å²) in [4.78, 5) is 12.3. The third-order valence-electron chi connectivity index (χ3n) is 3.83. The van der Waals surface area contributed by atoms with Crippen LogP contribution in [0.2, 0.25) is 5.28 Å². The first-order valence-electron chi connectivity index (χ1n) is 8.09. The number of thiophene rings is 1. The summed E-state index contributed by atoms with van der Waals surface area (Å²) in [6.45, 7) is 6.30. The molecule has 1 aromatic carbocycles. The molecular weight excluding hydrogens is 406 g/mol. The van der Waals surface area contributed by atoms with Crippen LogP contribution in [-0.4, -0.2) is 23.1 Å². The maximum atomic E-state index is 6.20. The lowest BCUT2D eigenvalue weighted by Gasteiger charge is -2.23. The van der Waals surface area contributed by atoms with E-state index < -0.39 is 0 Å². The van der Waals surface area contributed by atoms with E-state index in [9.17, 15) is 0 Å². The van der Waals surface area contributed by atoms with Gasteiger partial charge in [0.25, 0.3) is 0 Å². The average Bonchev–Trinajstić information content (AvgIpc) is 2.98. The molecule has 0 N–H and O–H groups in total. The van der Waals surface area contributed by atoms with Crippen molar-refractivity contribution in [3.05, 3.63) is 39.4 Å². The largest absolute Gasteiger partial charge is 0.356 e. The van der Waals surface area contributed by atoms with Gasteiger partial charge in [-0.1, -0.05) is 41.9 Å². The highest BCUT2D eigenvalue weighted by molar-refractivity contribution is 9.10. The van der Waals surface area contributed by atoms with Gasteiger partial charge in [0.2, 0.25) is 5.28 Å². The van der Waals surface area contributed by atoms with Gasteiger partial charge in [-0.2, -0.15) is 4.98 Å². The normalized spacial score (nSPS) is 11.2. The zero-order valence-corrected chi connectivity index (χ0v) is 16.9. The summed E-state index contributed by atoms with van der Waals surface area (Å²) in [5.74, 6) is 0.952. The molecule has 0 aliphatic heterocycles. The van der Waals surface area contributed by atoms with Crippen LogP contribution in [0.15, 0.2) is 34.1 Å². The molecule has 3 rings (SSSR count). The molecule has 126 valence electrons. The molecule has 0 amide bonds. The molecule has 0 saturated heterocycles. The third kappa shape index (κ3) is 3.58. The van der Waals surface area contributed by atoms with Gasteiger partial charge in [0, 0.05) is 28.5 Å². The van der Waals surface area contributed by atoms with Gasteiger partial charge >= 0.3 is 0 Å². The second-order valence-corrected chi connectivity index (χ2v) is 7.75. The molecule has 0 aliphatic carbocycles. The molecule has 0 atom stereocenters. The fourth-order valence-electron chi connectivity index (χ4n) is 2.83. The minimum Gasteiger partial charge on any atom is -0.356 e. The number of fused-ring (bicyclic) bond motifs is 1. The van der Waals surface area contributed by atoms with E-state index in [-0.39, 0.29) is 0 Å². The second kappa shape index (κ2) is 7.81. The van der Waals surface area contributed by atoms with Crippen molar-refractivity contribution in [3.8, 4) is 11.1 Å². The van der Waals surface area contributed by atoms with E-state index in [4.69, 9.17) is 11.6 Å². The number of hydrogen-bond acceptors (Lipinski definition) is 4. The van der Waals surface area contributed by atoms with Crippen LogP contribution in [0.25, 0.3) is 21.3 Å². The summed E-state index contributed by atoms with van der Waals surface area (Å²) in [6, 6.07) is 8.36. The van der Waals surface area contributed by atoms with Crippen LogP contribution in [-0.2, 0) is 0 Å².